The van der Waals surface area contributed by atoms with Crippen molar-refractivity contribution < 1.29 is 42.1 Å². The first-order valence-electron chi connectivity index (χ1n) is 18.1. The van der Waals surface area contributed by atoms with Crippen LogP contribution in [0.15, 0.2) is 85.1 Å². The summed E-state index contributed by atoms with van der Waals surface area (Å²) in [6.07, 6.45) is 3.21. The summed E-state index contributed by atoms with van der Waals surface area (Å²) in [4.78, 5) is 42.9. The van der Waals surface area contributed by atoms with E-state index in [0.29, 0.717) is 51.6 Å². The molecule has 0 aliphatic heterocycles. The second kappa shape index (κ2) is 17.7. The van der Waals surface area contributed by atoms with Crippen molar-refractivity contribution in [2.45, 2.75) is 45.1 Å². The lowest BCUT2D eigenvalue weighted by molar-refractivity contribution is -0.138. The molecular formula is C41H47N7O9S. The fourth-order valence-electron chi connectivity index (χ4n) is 6.13. The second-order valence-corrected chi connectivity index (χ2v) is 16.1. The molecule has 1 heterocycles. The van der Waals surface area contributed by atoms with E-state index in [1.165, 1.54) is 19.1 Å². The maximum absolute atomic E-state index is 13.4. The zero-order valence-corrected chi connectivity index (χ0v) is 33.8. The number of carboxylic acids is 1. The lowest BCUT2D eigenvalue weighted by Gasteiger charge is -2.29. The second-order valence-electron chi connectivity index (χ2n) is 14.4. The van der Waals surface area contributed by atoms with Crippen LogP contribution in [0.2, 0.25) is 0 Å². The topological polar surface area (TPSA) is 238 Å². The van der Waals surface area contributed by atoms with Crippen LogP contribution in [-0.4, -0.2) is 69.5 Å². The number of fused-ring (bicyclic) bond motifs is 1. The van der Waals surface area contributed by atoms with Crippen LogP contribution in [0.25, 0.3) is 10.8 Å². The molecule has 1 unspecified atom stereocenters. The van der Waals surface area contributed by atoms with Crippen molar-refractivity contribution in [2.24, 2.45) is 11.5 Å². The number of anilines is 5. The van der Waals surface area contributed by atoms with Gasteiger partial charge >= 0.3 is 12.0 Å². The summed E-state index contributed by atoms with van der Waals surface area (Å²) in [7, 11) is -0.906. The molecule has 0 bridgehead atoms. The van der Waals surface area contributed by atoms with E-state index in [1.54, 1.807) is 60.8 Å². The summed E-state index contributed by atoms with van der Waals surface area (Å²) in [5.41, 5.74) is 13.5. The van der Waals surface area contributed by atoms with E-state index in [0.717, 1.165) is 11.8 Å². The molecule has 0 aliphatic rings. The molecule has 1 atom stereocenters. The van der Waals surface area contributed by atoms with E-state index < -0.39 is 33.5 Å². The van der Waals surface area contributed by atoms with Crippen molar-refractivity contribution >= 4 is 67.3 Å². The number of carbonyl (C=O) groups is 3. The SMILES string of the molecule is COc1cc(Nc2cc(Oc3ccc(N(C(N)=O)c4cc(C(C)(C)C)cc(NS(C)(=O)=O)c4OC)c4ccccc34)ccn2)ccc1C(=O)NCCCC(N)C(=O)O. The van der Waals surface area contributed by atoms with Gasteiger partial charge in [-0.2, -0.15) is 0 Å². The highest BCUT2D eigenvalue weighted by Crippen LogP contribution is 2.46. The first-order valence-corrected chi connectivity index (χ1v) is 20.0. The number of aromatic nitrogens is 1. The number of ether oxygens (including phenoxy) is 3. The van der Waals surface area contributed by atoms with Crippen LogP contribution < -0.4 is 45.9 Å². The Bertz CT molecular complexity index is 2450. The number of nitrogens with two attached hydrogens (primary N) is 2. The number of aliphatic carboxylic acids is 1. The van der Waals surface area contributed by atoms with Gasteiger partial charge in [0.25, 0.3) is 5.91 Å². The summed E-state index contributed by atoms with van der Waals surface area (Å²) >= 11 is 0. The van der Waals surface area contributed by atoms with Crippen LogP contribution >= 0.6 is 0 Å². The first-order chi connectivity index (χ1) is 27.4. The summed E-state index contributed by atoms with van der Waals surface area (Å²) in [6.45, 7) is 6.12. The smallest absolute Gasteiger partial charge is 0.324 e. The average Bonchev–Trinajstić information content (AvgIpc) is 3.16. The molecule has 306 valence electrons. The van der Waals surface area contributed by atoms with Crippen LogP contribution in [0.1, 0.15) is 49.5 Å². The normalized spacial score (nSPS) is 12.0. The molecule has 0 saturated carbocycles. The molecule has 5 rings (SSSR count). The summed E-state index contributed by atoms with van der Waals surface area (Å²) in [6, 6.07) is 20.6. The van der Waals surface area contributed by atoms with Crippen molar-refractivity contribution in [2.75, 3.05) is 42.0 Å². The fraction of sp³-hybridized carbons (Fsp3) is 0.268. The monoisotopic (exact) mass is 813 g/mol. The Balaban J connectivity index is 1.43. The number of nitrogens with zero attached hydrogens (tertiary/aromatic N) is 2. The van der Waals surface area contributed by atoms with Gasteiger partial charge in [0.05, 0.1) is 43.1 Å². The van der Waals surface area contributed by atoms with E-state index in [2.05, 4.69) is 20.3 Å². The minimum atomic E-state index is -3.73. The van der Waals surface area contributed by atoms with Gasteiger partial charge in [0, 0.05) is 41.3 Å². The zero-order valence-electron chi connectivity index (χ0n) is 33.0. The highest BCUT2D eigenvalue weighted by Gasteiger charge is 2.28. The maximum Gasteiger partial charge on any atom is 0.324 e. The Morgan fingerprint density at radius 3 is 2.28 bits per heavy atom. The third kappa shape index (κ3) is 10.2. The highest BCUT2D eigenvalue weighted by molar-refractivity contribution is 7.92. The van der Waals surface area contributed by atoms with Crippen LogP contribution in [0.5, 0.6) is 23.0 Å². The molecule has 8 N–H and O–H groups in total. The van der Waals surface area contributed by atoms with Gasteiger partial charge in [0.1, 0.15) is 29.1 Å². The fourth-order valence-corrected chi connectivity index (χ4v) is 6.68. The Hall–Kier alpha value is -6.59. The number of amides is 3. The van der Waals surface area contributed by atoms with Gasteiger partial charge in [-0.15, -0.1) is 0 Å². The summed E-state index contributed by atoms with van der Waals surface area (Å²) in [5.74, 6) is 0.245. The van der Waals surface area contributed by atoms with Gasteiger partial charge in [-0.1, -0.05) is 45.0 Å². The molecule has 17 heteroatoms. The van der Waals surface area contributed by atoms with E-state index in [4.69, 9.17) is 30.8 Å². The van der Waals surface area contributed by atoms with Gasteiger partial charge in [0.2, 0.25) is 10.0 Å². The molecule has 4 aromatic carbocycles. The molecule has 0 radical (unpaired) electrons. The number of urea groups is 1. The van der Waals surface area contributed by atoms with Gasteiger partial charge in [-0.25, -0.2) is 18.2 Å². The number of hydrogen-bond acceptors (Lipinski definition) is 11. The molecule has 58 heavy (non-hydrogen) atoms. The summed E-state index contributed by atoms with van der Waals surface area (Å²) in [5, 5.41) is 16.1. The van der Waals surface area contributed by atoms with Gasteiger partial charge in [-0.3, -0.25) is 19.2 Å². The van der Waals surface area contributed by atoms with Crippen LogP contribution in [-0.2, 0) is 20.2 Å². The van der Waals surface area contributed by atoms with Crippen LogP contribution in [0, 0.1) is 0 Å². The van der Waals surface area contributed by atoms with Gasteiger partial charge in [-0.05, 0) is 66.3 Å². The van der Waals surface area contributed by atoms with E-state index in [-0.39, 0.29) is 41.6 Å². The number of carbonyl (C=O) groups excluding carboxylic acids is 2. The lowest BCUT2D eigenvalue weighted by Crippen LogP contribution is -2.32. The number of methoxy groups -OCH3 is 2. The lowest BCUT2D eigenvalue weighted by atomic mass is 9.86. The first kappa shape index (κ1) is 42.6. The van der Waals surface area contributed by atoms with Crippen molar-refractivity contribution in [3.05, 3.63) is 96.2 Å². The number of primary amides is 1. The molecule has 3 amide bonds. The largest absolute Gasteiger partial charge is 0.496 e. The number of pyridine rings is 1. The number of carboxylic acid groups (broad SMARTS) is 1. The van der Waals surface area contributed by atoms with Crippen LogP contribution in [0.4, 0.5) is 33.4 Å². The van der Waals surface area contributed by atoms with E-state index >= 15 is 0 Å². The van der Waals surface area contributed by atoms with E-state index in [9.17, 15) is 22.8 Å². The Labute approximate surface area is 336 Å². The summed E-state index contributed by atoms with van der Waals surface area (Å²) < 4.78 is 44.9. The maximum atomic E-state index is 13.4. The molecule has 0 saturated heterocycles. The Kier molecular flexibility index (Phi) is 13.0. The molecule has 0 spiro atoms. The molecular weight excluding hydrogens is 767 g/mol. The van der Waals surface area contributed by atoms with E-state index in [1.807, 2.05) is 45.0 Å². The third-order valence-electron chi connectivity index (χ3n) is 8.97. The van der Waals surface area contributed by atoms with Gasteiger partial charge < -0.3 is 41.4 Å². The predicted octanol–water partition coefficient (Wildman–Crippen LogP) is 6.60. The predicted molar refractivity (Wildman–Crippen MR) is 224 cm³/mol. The van der Waals surface area contributed by atoms with Crippen molar-refractivity contribution in [3.63, 3.8) is 0 Å². The van der Waals surface area contributed by atoms with Crippen molar-refractivity contribution in [3.8, 4) is 23.0 Å². The number of rotatable bonds is 16. The Morgan fingerprint density at radius 2 is 1.64 bits per heavy atom. The standard InChI is InChI=1S/C41H47N7O9S/c1-41(2,3)24-20-31(47-58(6,53)54)37(56-5)33(21-24)48(40(43)52)32-15-16-34(28-11-8-7-10-27(28)32)57-26-17-19-44-36(23-26)46-25-13-14-29(35(22-25)55-4)38(49)45-18-9-12-30(42)39(50)51/h7-8,10-11,13-17,19-23,30,47H,9,12,18,42H2,1-6H3,(H2,43,52)(H,44,46)(H,45,49)(H,50,51). The van der Waals surface area contributed by atoms with Gasteiger partial charge in [0.15, 0.2) is 5.75 Å². The molecule has 0 fully saturated rings. The highest BCUT2D eigenvalue weighted by atomic mass is 32.2. The zero-order chi connectivity index (χ0) is 42.4. The van der Waals surface area contributed by atoms with Crippen LogP contribution in [0.3, 0.4) is 0 Å². The minimum Gasteiger partial charge on any atom is -0.496 e. The number of nitrogens with one attached hydrogen (secondary N) is 3. The number of benzene rings is 4. The quantitative estimate of drug-likeness (QED) is 0.0579. The third-order valence-corrected chi connectivity index (χ3v) is 9.56. The average molecular weight is 814 g/mol. The molecule has 5 aromatic rings. The minimum absolute atomic E-state index is 0.101. The molecule has 0 aliphatic carbocycles. The van der Waals surface area contributed by atoms with Crippen molar-refractivity contribution in [1.82, 2.24) is 10.3 Å². The number of sulfonamides is 1. The molecule has 16 nitrogen and oxygen atoms in total. The number of hydrogen-bond donors (Lipinski definition) is 6. The van der Waals surface area contributed by atoms with Crippen molar-refractivity contribution in [1.29, 1.82) is 0 Å². The molecule has 1 aromatic heterocycles. The Morgan fingerprint density at radius 1 is 0.914 bits per heavy atom.